The predicted molar refractivity (Wildman–Crippen MR) is 148 cm³/mol. The lowest BCUT2D eigenvalue weighted by Gasteiger charge is -2.20. The minimum Gasteiger partial charge on any atom is -0.326 e. The first-order valence-electron chi connectivity index (χ1n) is 12.8. The van der Waals surface area contributed by atoms with Crippen molar-refractivity contribution in [2.75, 3.05) is 5.32 Å². The van der Waals surface area contributed by atoms with Gasteiger partial charge in [-0.05, 0) is 70.8 Å². The van der Waals surface area contributed by atoms with Crippen molar-refractivity contribution in [2.24, 2.45) is 0 Å². The van der Waals surface area contributed by atoms with Crippen molar-refractivity contribution in [1.29, 1.82) is 0 Å². The van der Waals surface area contributed by atoms with Gasteiger partial charge in [-0.2, -0.15) is 4.68 Å². The van der Waals surface area contributed by atoms with Gasteiger partial charge in [0.15, 0.2) is 5.82 Å². The van der Waals surface area contributed by atoms with Crippen molar-refractivity contribution in [1.82, 2.24) is 25.2 Å². The SMILES string of the molecule is O=C1CCCCC(c2ccc(-c3cc(Cl)cc(F)c3-n3cnnn3)cn2)c2cccc(c2)-c2cc(F)ccc2N1. The zero-order chi connectivity index (χ0) is 27.6. The molecule has 10 heteroatoms. The molecule has 0 radical (unpaired) electrons. The van der Waals surface area contributed by atoms with Gasteiger partial charge in [0.05, 0.1) is 0 Å². The van der Waals surface area contributed by atoms with Gasteiger partial charge in [-0.1, -0.05) is 48.4 Å². The van der Waals surface area contributed by atoms with Crippen LogP contribution in [0.2, 0.25) is 5.02 Å². The number of nitrogens with one attached hydrogen (secondary N) is 1. The molecule has 2 bridgehead atoms. The molecule has 0 saturated carbocycles. The summed E-state index contributed by atoms with van der Waals surface area (Å²) in [6, 6.07) is 18.9. The van der Waals surface area contributed by atoms with Crippen LogP contribution in [0.5, 0.6) is 0 Å². The number of aromatic nitrogens is 5. The van der Waals surface area contributed by atoms with E-state index in [2.05, 4.69) is 20.8 Å². The molecule has 1 unspecified atom stereocenters. The van der Waals surface area contributed by atoms with Crippen LogP contribution in [0.3, 0.4) is 0 Å². The Labute approximate surface area is 233 Å². The number of fused-ring (bicyclic) bond motifs is 4. The van der Waals surface area contributed by atoms with Crippen LogP contribution >= 0.6 is 11.6 Å². The molecule has 0 aliphatic carbocycles. The number of hydrogen-bond acceptors (Lipinski definition) is 5. The molecule has 1 aliphatic heterocycles. The van der Waals surface area contributed by atoms with Gasteiger partial charge in [0, 0.05) is 51.6 Å². The molecule has 3 aromatic carbocycles. The Hall–Kier alpha value is -4.50. The van der Waals surface area contributed by atoms with Crippen LogP contribution in [0.15, 0.2) is 79.3 Å². The van der Waals surface area contributed by atoms with Crippen molar-refractivity contribution in [2.45, 2.75) is 31.6 Å². The maximum Gasteiger partial charge on any atom is 0.224 e. The molecule has 1 amide bonds. The summed E-state index contributed by atoms with van der Waals surface area (Å²) < 4.78 is 30.4. The zero-order valence-electron chi connectivity index (χ0n) is 21.2. The van der Waals surface area contributed by atoms with E-state index < -0.39 is 5.82 Å². The molecule has 200 valence electrons. The van der Waals surface area contributed by atoms with Gasteiger partial charge in [0.25, 0.3) is 0 Å². The number of benzene rings is 3. The number of halogens is 3. The summed E-state index contributed by atoms with van der Waals surface area (Å²) in [5.41, 5.74) is 5.18. The maximum absolute atomic E-state index is 15.0. The summed E-state index contributed by atoms with van der Waals surface area (Å²) in [5, 5.41) is 14.3. The molecule has 1 aliphatic rings. The van der Waals surface area contributed by atoms with Gasteiger partial charge in [-0.3, -0.25) is 9.78 Å². The quantitative estimate of drug-likeness (QED) is 0.259. The summed E-state index contributed by atoms with van der Waals surface area (Å²) >= 11 is 6.19. The number of rotatable bonds is 3. The smallest absolute Gasteiger partial charge is 0.224 e. The van der Waals surface area contributed by atoms with Gasteiger partial charge in [0.2, 0.25) is 5.91 Å². The van der Waals surface area contributed by atoms with E-state index in [4.69, 9.17) is 16.6 Å². The molecule has 2 aromatic heterocycles. The average Bonchev–Trinajstić information content (AvgIpc) is 3.48. The number of tetrazole rings is 1. The van der Waals surface area contributed by atoms with Crippen LogP contribution in [0.25, 0.3) is 27.9 Å². The predicted octanol–water partition coefficient (Wildman–Crippen LogP) is 6.97. The maximum atomic E-state index is 15.0. The van der Waals surface area contributed by atoms with Gasteiger partial charge in [0.1, 0.15) is 17.8 Å². The van der Waals surface area contributed by atoms with E-state index in [0.29, 0.717) is 35.2 Å². The highest BCUT2D eigenvalue weighted by molar-refractivity contribution is 6.31. The number of amides is 1. The van der Waals surface area contributed by atoms with Gasteiger partial charge >= 0.3 is 0 Å². The fourth-order valence-electron chi connectivity index (χ4n) is 5.17. The molecule has 40 heavy (non-hydrogen) atoms. The highest BCUT2D eigenvalue weighted by Crippen LogP contribution is 2.37. The molecule has 0 saturated heterocycles. The molecule has 0 fully saturated rings. The Morgan fingerprint density at radius 3 is 2.65 bits per heavy atom. The highest BCUT2D eigenvalue weighted by atomic mass is 35.5. The lowest BCUT2D eigenvalue weighted by atomic mass is 9.87. The third-order valence-electron chi connectivity index (χ3n) is 7.06. The zero-order valence-corrected chi connectivity index (χ0v) is 21.9. The van der Waals surface area contributed by atoms with Crippen molar-refractivity contribution >= 4 is 23.2 Å². The van der Waals surface area contributed by atoms with E-state index in [1.807, 2.05) is 36.4 Å². The van der Waals surface area contributed by atoms with Crippen molar-refractivity contribution in [3.05, 3.63) is 107 Å². The lowest BCUT2D eigenvalue weighted by Crippen LogP contribution is -2.13. The van der Waals surface area contributed by atoms with Gasteiger partial charge in [-0.25, -0.2) is 8.78 Å². The van der Waals surface area contributed by atoms with Crippen LogP contribution in [-0.4, -0.2) is 31.1 Å². The van der Waals surface area contributed by atoms with Crippen LogP contribution in [0.4, 0.5) is 14.5 Å². The first-order chi connectivity index (χ1) is 19.5. The Morgan fingerprint density at radius 2 is 1.85 bits per heavy atom. The summed E-state index contributed by atoms with van der Waals surface area (Å²) in [6.07, 6.45) is 5.65. The third-order valence-corrected chi connectivity index (χ3v) is 7.28. The standard InChI is InChI=1S/C30H23ClF2N6O/c31-21-13-25(30(26(33)14-21)39-17-35-37-38-39)20-8-10-27(34-16-20)23-6-1-2-7-29(40)36-28-11-9-22(32)15-24(28)19-5-3-4-18(23)12-19/h3-5,8-17,23H,1-2,6-7H2,(H,36,40). The largest absolute Gasteiger partial charge is 0.326 e. The first kappa shape index (κ1) is 25.8. The van der Waals surface area contributed by atoms with Crippen molar-refractivity contribution in [3.8, 4) is 27.9 Å². The second-order valence-electron chi connectivity index (χ2n) is 9.67. The molecular formula is C30H23ClF2N6O. The minimum atomic E-state index is -0.559. The number of carbonyl (C=O) groups excluding carboxylic acids is 1. The summed E-state index contributed by atoms with van der Waals surface area (Å²) in [6.45, 7) is 0. The van der Waals surface area contributed by atoms with Crippen LogP contribution in [0, 0.1) is 11.6 Å². The molecule has 3 heterocycles. The Bertz CT molecular complexity index is 1690. The fourth-order valence-corrected chi connectivity index (χ4v) is 5.38. The minimum absolute atomic E-state index is 0.0661. The van der Waals surface area contributed by atoms with E-state index in [1.165, 1.54) is 29.2 Å². The number of anilines is 1. The third kappa shape index (κ3) is 5.20. The molecule has 1 N–H and O–H groups in total. The van der Waals surface area contributed by atoms with E-state index >= 15 is 0 Å². The first-order valence-corrected chi connectivity index (χ1v) is 13.2. The Balaban J connectivity index is 1.40. The molecule has 7 nitrogen and oxygen atoms in total. The van der Waals surface area contributed by atoms with Crippen molar-refractivity contribution in [3.63, 3.8) is 0 Å². The van der Waals surface area contributed by atoms with Crippen molar-refractivity contribution < 1.29 is 13.6 Å². The van der Waals surface area contributed by atoms with E-state index in [0.717, 1.165) is 29.7 Å². The van der Waals surface area contributed by atoms with Gasteiger partial charge in [-0.15, -0.1) is 5.10 Å². The fraction of sp³-hybridized carbons (Fsp3) is 0.167. The van der Waals surface area contributed by atoms with E-state index in [9.17, 15) is 13.6 Å². The monoisotopic (exact) mass is 556 g/mol. The summed E-state index contributed by atoms with van der Waals surface area (Å²) in [7, 11) is 0. The Morgan fingerprint density at radius 1 is 0.950 bits per heavy atom. The number of hydrogen-bond donors (Lipinski definition) is 1. The van der Waals surface area contributed by atoms with Crippen LogP contribution in [0.1, 0.15) is 42.9 Å². The number of pyridine rings is 1. The van der Waals surface area contributed by atoms with Gasteiger partial charge < -0.3 is 5.32 Å². The van der Waals surface area contributed by atoms with Crippen LogP contribution < -0.4 is 5.32 Å². The number of carbonyl (C=O) groups is 1. The topological polar surface area (TPSA) is 85.6 Å². The summed E-state index contributed by atoms with van der Waals surface area (Å²) in [4.78, 5) is 17.4. The molecule has 0 spiro atoms. The van der Waals surface area contributed by atoms with E-state index in [1.54, 1.807) is 18.3 Å². The lowest BCUT2D eigenvalue weighted by molar-refractivity contribution is -0.116. The average molecular weight is 557 g/mol. The number of nitrogens with zero attached hydrogens (tertiary/aromatic N) is 5. The normalized spacial score (nSPS) is 15.5. The van der Waals surface area contributed by atoms with Crippen LogP contribution in [-0.2, 0) is 4.79 Å². The second-order valence-corrected chi connectivity index (χ2v) is 10.1. The summed E-state index contributed by atoms with van der Waals surface area (Å²) in [5.74, 6) is -1.10. The highest BCUT2D eigenvalue weighted by Gasteiger charge is 2.21. The molecule has 5 aromatic rings. The Kier molecular flexibility index (Phi) is 7.04. The second kappa shape index (κ2) is 10.9. The molecular weight excluding hydrogens is 534 g/mol. The van der Waals surface area contributed by atoms with E-state index in [-0.39, 0.29) is 28.4 Å². The molecule has 6 rings (SSSR count). The molecule has 1 atom stereocenters.